The predicted molar refractivity (Wildman–Crippen MR) is 114 cm³/mol. The van der Waals surface area contributed by atoms with Gasteiger partial charge in [-0.2, -0.15) is 5.10 Å². The standard InChI is InChI=1S/C24H23N3O/c1-17-12-21-15-27(16-22(21)13-18(17)2)23-10-8-19(9-11-23)14-25-26-24(28)20-6-4-3-5-7-20/h3-14H,15-16H2,1-2H3,(H,26,28). The summed E-state index contributed by atoms with van der Waals surface area (Å²) in [4.78, 5) is 14.4. The molecule has 1 N–H and O–H groups in total. The maximum atomic E-state index is 12.0. The Morgan fingerprint density at radius 2 is 1.54 bits per heavy atom. The SMILES string of the molecule is Cc1cc2c(cc1C)CN(c1ccc(C=NNC(=O)c3ccccc3)cc1)C2. The van der Waals surface area contributed by atoms with Crippen molar-refractivity contribution >= 4 is 17.8 Å². The molecule has 3 aromatic rings. The van der Waals surface area contributed by atoms with Crippen LogP contribution in [0.2, 0.25) is 0 Å². The van der Waals surface area contributed by atoms with E-state index in [0.717, 1.165) is 18.7 Å². The lowest BCUT2D eigenvalue weighted by atomic mass is 10.0. The zero-order valence-corrected chi connectivity index (χ0v) is 16.1. The summed E-state index contributed by atoms with van der Waals surface area (Å²) >= 11 is 0. The molecule has 0 unspecified atom stereocenters. The van der Waals surface area contributed by atoms with Crippen molar-refractivity contribution in [1.82, 2.24) is 5.43 Å². The highest BCUT2D eigenvalue weighted by Gasteiger charge is 2.19. The third-order valence-corrected chi connectivity index (χ3v) is 5.21. The molecule has 0 atom stereocenters. The lowest BCUT2D eigenvalue weighted by Gasteiger charge is -2.17. The van der Waals surface area contributed by atoms with Gasteiger partial charge in [-0.3, -0.25) is 4.79 Å². The van der Waals surface area contributed by atoms with Crippen LogP contribution in [0.1, 0.15) is 38.2 Å². The monoisotopic (exact) mass is 369 g/mol. The molecule has 0 aliphatic carbocycles. The number of benzene rings is 3. The largest absolute Gasteiger partial charge is 0.363 e. The molecule has 1 amide bonds. The Morgan fingerprint density at radius 3 is 2.14 bits per heavy atom. The van der Waals surface area contributed by atoms with Gasteiger partial charge in [0, 0.05) is 24.3 Å². The molecule has 4 heteroatoms. The topological polar surface area (TPSA) is 44.7 Å². The van der Waals surface area contributed by atoms with E-state index in [1.165, 1.54) is 27.9 Å². The van der Waals surface area contributed by atoms with Crippen LogP contribution in [0, 0.1) is 13.8 Å². The van der Waals surface area contributed by atoms with Gasteiger partial charge < -0.3 is 4.90 Å². The van der Waals surface area contributed by atoms with Gasteiger partial charge in [-0.25, -0.2) is 5.43 Å². The molecule has 0 aromatic heterocycles. The van der Waals surface area contributed by atoms with Gasteiger partial charge in [0.05, 0.1) is 6.21 Å². The minimum Gasteiger partial charge on any atom is -0.363 e. The molecular weight excluding hydrogens is 346 g/mol. The first-order chi connectivity index (χ1) is 13.6. The molecule has 0 fully saturated rings. The maximum absolute atomic E-state index is 12.0. The molecule has 0 spiro atoms. The summed E-state index contributed by atoms with van der Waals surface area (Å²) in [6.07, 6.45) is 1.66. The van der Waals surface area contributed by atoms with Gasteiger partial charge in [-0.05, 0) is 65.9 Å². The van der Waals surface area contributed by atoms with Crippen LogP contribution in [-0.4, -0.2) is 12.1 Å². The van der Waals surface area contributed by atoms with Gasteiger partial charge in [0.15, 0.2) is 0 Å². The van der Waals surface area contributed by atoms with Gasteiger partial charge >= 0.3 is 0 Å². The summed E-state index contributed by atoms with van der Waals surface area (Å²) in [5, 5.41) is 4.06. The highest BCUT2D eigenvalue weighted by Crippen LogP contribution is 2.30. The van der Waals surface area contributed by atoms with Crippen LogP contribution in [0.5, 0.6) is 0 Å². The van der Waals surface area contributed by atoms with Crippen LogP contribution < -0.4 is 10.3 Å². The van der Waals surface area contributed by atoms with E-state index in [2.05, 4.69) is 53.5 Å². The molecule has 1 heterocycles. The fourth-order valence-corrected chi connectivity index (χ4v) is 3.47. The van der Waals surface area contributed by atoms with Crippen LogP contribution in [0.15, 0.2) is 71.8 Å². The lowest BCUT2D eigenvalue weighted by Crippen LogP contribution is -2.17. The molecule has 28 heavy (non-hydrogen) atoms. The summed E-state index contributed by atoms with van der Waals surface area (Å²) in [7, 11) is 0. The van der Waals surface area contributed by atoms with E-state index in [1.807, 2.05) is 30.3 Å². The highest BCUT2D eigenvalue weighted by molar-refractivity contribution is 5.94. The number of hydrazone groups is 1. The molecule has 0 saturated carbocycles. The smallest absolute Gasteiger partial charge is 0.271 e. The quantitative estimate of drug-likeness (QED) is 0.540. The van der Waals surface area contributed by atoms with Crippen molar-refractivity contribution in [1.29, 1.82) is 0 Å². The van der Waals surface area contributed by atoms with Crippen LogP contribution in [0.25, 0.3) is 0 Å². The summed E-state index contributed by atoms with van der Waals surface area (Å²) in [5.74, 6) is -0.214. The average Bonchev–Trinajstić information content (AvgIpc) is 3.12. The minimum absolute atomic E-state index is 0.214. The second-order valence-electron chi connectivity index (χ2n) is 7.22. The molecule has 140 valence electrons. The number of carbonyl (C=O) groups excluding carboxylic acids is 1. The molecule has 1 aliphatic heterocycles. The van der Waals surface area contributed by atoms with Gasteiger partial charge in [-0.1, -0.05) is 42.5 Å². The van der Waals surface area contributed by atoms with E-state index < -0.39 is 0 Å². The normalized spacial score (nSPS) is 13.0. The molecule has 4 rings (SSSR count). The van der Waals surface area contributed by atoms with Crippen molar-refractivity contribution in [3.05, 3.63) is 100 Å². The molecule has 3 aromatic carbocycles. The van der Waals surface area contributed by atoms with Crippen molar-refractivity contribution < 1.29 is 4.79 Å². The number of hydrogen-bond donors (Lipinski definition) is 1. The van der Waals surface area contributed by atoms with Crippen molar-refractivity contribution in [3.63, 3.8) is 0 Å². The lowest BCUT2D eigenvalue weighted by molar-refractivity contribution is 0.0955. The number of nitrogens with one attached hydrogen (secondary N) is 1. The Kier molecular flexibility index (Phi) is 4.94. The third-order valence-electron chi connectivity index (χ3n) is 5.21. The van der Waals surface area contributed by atoms with Crippen molar-refractivity contribution in [2.75, 3.05) is 4.90 Å². The number of aryl methyl sites for hydroxylation is 2. The number of amides is 1. The van der Waals surface area contributed by atoms with E-state index in [-0.39, 0.29) is 5.91 Å². The Hall–Kier alpha value is -3.40. The number of anilines is 1. The number of hydrogen-bond acceptors (Lipinski definition) is 3. The Bertz CT molecular complexity index is 993. The predicted octanol–water partition coefficient (Wildman–Crippen LogP) is 4.59. The van der Waals surface area contributed by atoms with Crippen LogP contribution in [0.3, 0.4) is 0 Å². The van der Waals surface area contributed by atoms with Crippen molar-refractivity contribution in [2.45, 2.75) is 26.9 Å². The third kappa shape index (κ3) is 3.81. The Labute approximate surface area is 165 Å². The zero-order valence-electron chi connectivity index (χ0n) is 16.1. The van der Waals surface area contributed by atoms with E-state index in [1.54, 1.807) is 18.3 Å². The Balaban J connectivity index is 1.39. The molecule has 0 radical (unpaired) electrons. The van der Waals surface area contributed by atoms with Crippen LogP contribution in [-0.2, 0) is 13.1 Å². The average molecular weight is 369 g/mol. The maximum Gasteiger partial charge on any atom is 0.271 e. The number of carbonyl (C=O) groups is 1. The minimum atomic E-state index is -0.214. The molecular formula is C24H23N3O. The van der Waals surface area contributed by atoms with Crippen molar-refractivity contribution in [2.24, 2.45) is 5.10 Å². The van der Waals surface area contributed by atoms with Crippen LogP contribution in [0.4, 0.5) is 5.69 Å². The number of fused-ring (bicyclic) bond motifs is 1. The Morgan fingerprint density at radius 1 is 0.929 bits per heavy atom. The zero-order chi connectivity index (χ0) is 19.5. The van der Waals surface area contributed by atoms with E-state index >= 15 is 0 Å². The fraction of sp³-hybridized carbons (Fsp3) is 0.167. The second-order valence-corrected chi connectivity index (χ2v) is 7.22. The summed E-state index contributed by atoms with van der Waals surface area (Å²) in [5.41, 5.74) is 10.8. The van der Waals surface area contributed by atoms with Gasteiger partial charge in [0.25, 0.3) is 5.91 Å². The van der Waals surface area contributed by atoms with E-state index in [0.29, 0.717) is 5.56 Å². The summed E-state index contributed by atoms with van der Waals surface area (Å²) < 4.78 is 0. The molecule has 0 bridgehead atoms. The summed E-state index contributed by atoms with van der Waals surface area (Å²) in [6.45, 7) is 6.22. The fourth-order valence-electron chi connectivity index (χ4n) is 3.47. The second kappa shape index (κ2) is 7.69. The molecule has 1 aliphatic rings. The highest BCUT2D eigenvalue weighted by atomic mass is 16.2. The van der Waals surface area contributed by atoms with Crippen LogP contribution >= 0.6 is 0 Å². The van der Waals surface area contributed by atoms with Gasteiger partial charge in [0.1, 0.15) is 0 Å². The number of nitrogens with zero attached hydrogens (tertiary/aromatic N) is 2. The first-order valence-electron chi connectivity index (χ1n) is 9.42. The summed E-state index contributed by atoms with van der Waals surface area (Å²) in [6, 6.07) is 21.9. The molecule has 0 saturated heterocycles. The number of rotatable bonds is 4. The first kappa shape index (κ1) is 18.0. The van der Waals surface area contributed by atoms with E-state index in [4.69, 9.17) is 0 Å². The van der Waals surface area contributed by atoms with Gasteiger partial charge in [0.2, 0.25) is 0 Å². The van der Waals surface area contributed by atoms with Gasteiger partial charge in [-0.15, -0.1) is 0 Å². The molecule has 4 nitrogen and oxygen atoms in total. The van der Waals surface area contributed by atoms with E-state index in [9.17, 15) is 4.79 Å². The van der Waals surface area contributed by atoms with Crippen molar-refractivity contribution in [3.8, 4) is 0 Å². The first-order valence-corrected chi connectivity index (χ1v) is 9.42.